The fourth-order valence-corrected chi connectivity index (χ4v) is 4.72. The third-order valence-electron chi connectivity index (χ3n) is 5.54. The Labute approximate surface area is 115 Å². The van der Waals surface area contributed by atoms with E-state index in [2.05, 4.69) is 29.2 Å². The van der Waals surface area contributed by atoms with E-state index in [1.807, 2.05) is 0 Å². The summed E-state index contributed by atoms with van der Waals surface area (Å²) in [5.74, 6) is 0. The van der Waals surface area contributed by atoms with Gasteiger partial charge < -0.3 is 5.11 Å². The standard InChI is InChI=1S/C17H23NO/c19-17-15-10-2-1-5-12(15)11-16(17)18-13-6-3-7-14(18)9-4-8-13/h1-2,5,10,13-14,16-17,19H,3-4,6-9,11H2/t13?,14?,16-,17+/m1/s1. The van der Waals surface area contributed by atoms with Gasteiger partial charge in [-0.25, -0.2) is 0 Å². The summed E-state index contributed by atoms with van der Waals surface area (Å²) in [5.41, 5.74) is 2.54. The lowest BCUT2D eigenvalue weighted by Crippen LogP contribution is -2.55. The molecule has 2 bridgehead atoms. The molecule has 3 aliphatic rings. The van der Waals surface area contributed by atoms with Gasteiger partial charge in [-0.15, -0.1) is 0 Å². The average molecular weight is 257 g/mol. The van der Waals surface area contributed by atoms with Crippen LogP contribution in [-0.2, 0) is 6.42 Å². The molecule has 2 saturated heterocycles. The molecular weight excluding hydrogens is 234 g/mol. The van der Waals surface area contributed by atoms with Gasteiger partial charge in [-0.05, 0) is 43.2 Å². The summed E-state index contributed by atoms with van der Waals surface area (Å²) in [6.07, 6.45) is 8.93. The van der Waals surface area contributed by atoms with Gasteiger partial charge in [0.1, 0.15) is 0 Å². The number of piperidine rings is 2. The third-order valence-corrected chi connectivity index (χ3v) is 5.54. The Bertz CT molecular complexity index is 450. The lowest BCUT2D eigenvalue weighted by Gasteiger charge is -2.50. The molecule has 1 aliphatic carbocycles. The average Bonchev–Trinajstić information content (AvgIpc) is 2.76. The van der Waals surface area contributed by atoms with E-state index in [0.717, 1.165) is 18.5 Å². The summed E-state index contributed by atoms with van der Waals surface area (Å²) in [5, 5.41) is 10.7. The first-order valence-electron chi connectivity index (χ1n) is 7.88. The molecule has 0 spiro atoms. The van der Waals surface area contributed by atoms with Crippen LogP contribution >= 0.6 is 0 Å². The van der Waals surface area contributed by atoms with E-state index in [-0.39, 0.29) is 6.10 Å². The molecule has 102 valence electrons. The zero-order chi connectivity index (χ0) is 12.8. The van der Waals surface area contributed by atoms with E-state index in [4.69, 9.17) is 0 Å². The van der Waals surface area contributed by atoms with Gasteiger partial charge in [0.2, 0.25) is 0 Å². The zero-order valence-electron chi connectivity index (χ0n) is 11.5. The van der Waals surface area contributed by atoms with Gasteiger partial charge in [-0.1, -0.05) is 37.1 Å². The molecular formula is C17H23NO. The molecule has 0 amide bonds. The summed E-state index contributed by atoms with van der Waals surface area (Å²) < 4.78 is 0. The molecule has 2 nitrogen and oxygen atoms in total. The SMILES string of the molecule is O[C@H]1c2ccccc2C[C@H]1N1C2CCCC1CCC2. The Balaban J connectivity index is 1.64. The van der Waals surface area contributed by atoms with Crippen molar-refractivity contribution in [1.82, 2.24) is 4.90 Å². The number of aliphatic hydroxyl groups is 1. The maximum Gasteiger partial charge on any atom is 0.0951 e. The molecule has 2 fully saturated rings. The minimum Gasteiger partial charge on any atom is -0.387 e. The topological polar surface area (TPSA) is 23.5 Å². The van der Waals surface area contributed by atoms with E-state index in [0.29, 0.717) is 6.04 Å². The van der Waals surface area contributed by atoms with Crippen molar-refractivity contribution in [1.29, 1.82) is 0 Å². The summed E-state index contributed by atoms with van der Waals surface area (Å²) >= 11 is 0. The van der Waals surface area contributed by atoms with Crippen molar-refractivity contribution in [2.75, 3.05) is 0 Å². The van der Waals surface area contributed by atoms with Crippen molar-refractivity contribution in [3.8, 4) is 0 Å². The molecule has 0 radical (unpaired) electrons. The van der Waals surface area contributed by atoms with Crippen molar-refractivity contribution < 1.29 is 5.11 Å². The van der Waals surface area contributed by atoms with Gasteiger partial charge >= 0.3 is 0 Å². The van der Waals surface area contributed by atoms with E-state index in [1.54, 1.807) is 0 Å². The first-order chi connectivity index (χ1) is 9.34. The number of benzene rings is 1. The van der Waals surface area contributed by atoms with Crippen LogP contribution in [0.4, 0.5) is 0 Å². The van der Waals surface area contributed by atoms with Crippen LogP contribution in [0.3, 0.4) is 0 Å². The van der Waals surface area contributed by atoms with Crippen molar-refractivity contribution in [3.05, 3.63) is 35.4 Å². The molecule has 2 aliphatic heterocycles. The summed E-state index contributed by atoms with van der Waals surface area (Å²) in [6.45, 7) is 0. The smallest absolute Gasteiger partial charge is 0.0951 e. The Kier molecular flexibility index (Phi) is 2.89. The predicted octanol–water partition coefficient (Wildman–Crippen LogP) is 3.05. The van der Waals surface area contributed by atoms with E-state index in [1.165, 1.54) is 49.7 Å². The summed E-state index contributed by atoms with van der Waals surface area (Å²) in [7, 11) is 0. The molecule has 0 saturated carbocycles. The Morgan fingerprint density at radius 2 is 1.58 bits per heavy atom. The molecule has 2 heterocycles. The maximum absolute atomic E-state index is 10.7. The normalized spacial score (nSPS) is 38.2. The minimum absolute atomic E-state index is 0.266. The fourth-order valence-electron chi connectivity index (χ4n) is 4.72. The molecule has 1 N–H and O–H groups in total. The van der Waals surface area contributed by atoms with Crippen LogP contribution in [0.15, 0.2) is 24.3 Å². The van der Waals surface area contributed by atoms with Crippen LogP contribution in [0.5, 0.6) is 0 Å². The van der Waals surface area contributed by atoms with E-state index in [9.17, 15) is 5.11 Å². The third kappa shape index (κ3) is 1.85. The second-order valence-corrected chi connectivity index (χ2v) is 6.53. The largest absolute Gasteiger partial charge is 0.387 e. The van der Waals surface area contributed by atoms with Crippen molar-refractivity contribution in [3.63, 3.8) is 0 Å². The number of hydrogen-bond donors (Lipinski definition) is 1. The molecule has 0 aromatic heterocycles. The van der Waals surface area contributed by atoms with Crippen LogP contribution in [0.1, 0.15) is 55.8 Å². The van der Waals surface area contributed by atoms with Crippen LogP contribution in [0, 0.1) is 0 Å². The monoisotopic (exact) mass is 257 g/mol. The Morgan fingerprint density at radius 1 is 0.947 bits per heavy atom. The molecule has 1 aromatic rings. The number of nitrogens with zero attached hydrogens (tertiary/aromatic N) is 1. The lowest BCUT2D eigenvalue weighted by atomic mass is 9.82. The van der Waals surface area contributed by atoms with E-state index < -0.39 is 0 Å². The number of rotatable bonds is 1. The van der Waals surface area contributed by atoms with Gasteiger partial charge in [0, 0.05) is 18.1 Å². The highest BCUT2D eigenvalue weighted by molar-refractivity contribution is 5.36. The molecule has 2 heteroatoms. The van der Waals surface area contributed by atoms with Gasteiger partial charge in [0.05, 0.1) is 6.10 Å². The molecule has 4 rings (SSSR count). The van der Waals surface area contributed by atoms with Crippen LogP contribution in [0.25, 0.3) is 0 Å². The predicted molar refractivity (Wildman–Crippen MR) is 76.0 cm³/mol. The molecule has 2 atom stereocenters. The molecule has 1 aromatic carbocycles. The number of hydrogen-bond acceptors (Lipinski definition) is 2. The quantitative estimate of drug-likeness (QED) is 0.836. The summed E-state index contributed by atoms with van der Waals surface area (Å²) in [4.78, 5) is 2.71. The van der Waals surface area contributed by atoms with Crippen molar-refractivity contribution in [2.45, 2.75) is 69.2 Å². The van der Waals surface area contributed by atoms with E-state index >= 15 is 0 Å². The minimum atomic E-state index is -0.266. The molecule has 19 heavy (non-hydrogen) atoms. The van der Waals surface area contributed by atoms with Gasteiger partial charge in [0.15, 0.2) is 0 Å². The van der Waals surface area contributed by atoms with Gasteiger partial charge in [-0.3, -0.25) is 4.90 Å². The first kappa shape index (κ1) is 11.9. The van der Waals surface area contributed by atoms with Crippen LogP contribution in [-0.4, -0.2) is 28.1 Å². The molecule has 0 unspecified atom stereocenters. The maximum atomic E-state index is 10.7. The number of aliphatic hydroxyl groups excluding tert-OH is 1. The van der Waals surface area contributed by atoms with Gasteiger partial charge in [0.25, 0.3) is 0 Å². The second kappa shape index (κ2) is 4.60. The highest BCUT2D eigenvalue weighted by Gasteiger charge is 2.43. The lowest BCUT2D eigenvalue weighted by molar-refractivity contribution is -0.0417. The Morgan fingerprint density at radius 3 is 2.21 bits per heavy atom. The summed E-state index contributed by atoms with van der Waals surface area (Å²) in [6, 6.07) is 10.3. The first-order valence-corrected chi connectivity index (χ1v) is 7.88. The zero-order valence-corrected chi connectivity index (χ0v) is 11.5. The van der Waals surface area contributed by atoms with Crippen LogP contribution in [0.2, 0.25) is 0 Å². The fraction of sp³-hybridized carbons (Fsp3) is 0.647. The highest BCUT2D eigenvalue weighted by Crippen LogP contribution is 2.42. The van der Waals surface area contributed by atoms with Crippen molar-refractivity contribution >= 4 is 0 Å². The highest BCUT2D eigenvalue weighted by atomic mass is 16.3. The van der Waals surface area contributed by atoms with Crippen LogP contribution < -0.4 is 0 Å². The second-order valence-electron chi connectivity index (χ2n) is 6.53. The Hall–Kier alpha value is -0.860. The van der Waals surface area contributed by atoms with Crippen molar-refractivity contribution in [2.24, 2.45) is 0 Å². The number of fused-ring (bicyclic) bond motifs is 3. The van der Waals surface area contributed by atoms with Gasteiger partial charge in [-0.2, -0.15) is 0 Å².